The smallest absolute Gasteiger partial charge is 0.164 e. The molecule has 0 radical (unpaired) electrons. The summed E-state index contributed by atoms with van der Waals surface area (Å²) in [5.74, 6) is -1.41. The van der Waals surface area contributed by atoms with E-state index in [9.17, 15) is 5.11 Å². The van der Waals surface area contributed by atoms with Crippen molar-refractivity contribution in [2.75, 3.05) is 6.61 Å². The molecule has 0 aromatic carbocycles. The number of hydrogen-bond donors (Lipinski definition) is 1. The van der Waals surface area contributed by atoms with Crippen LogP contribution in [0.2, 0.25) is 0 Å². The van der Waals surface area contributed by atoms with Crippen molar-refractivity contribution in [1.82, 2.24) is 0 Å². The highest BCUT2D eigenvalue weighted by atomic mass is 16.8. The minimum Gasteiger partial charge on any atom is -0.386 e. The highest BCUT2D eigenvalue weighted by molar-refractivity contribution is 5.21. The van der Waals surface area contributed by atoms with E-state index >= 15 is 0 Å². The molecule has 5 heteroatoms. The van der Waals surface area contributed by atoms with Gasteiger partial charge in [-0.2, -0.15) is 0 Å². The largest absolute Gasteiger partial charge is 0.386 e. The Bertz CT molecular complexity index is 403. The summed E-state index contributed by atoms with van der Waals surface area (Å²) in [5.41, 5.74) is 0.711. The van der Waals surface area contributed by atoms with Gasteiger partial charge in [0, 0.05) is 5.92 Å². The Labute approximate surface area is 113 Å². The summed E-state index contributed by atoms with van der Waals surface area (Å²) in [6.07, 6.45) is -1.63. The minimum absolute atomic E-state index is 0.0539. The standard InChI is InChI=1S/C14H22O5/c1-7-8-6-16-13(2,3)17-10(8)12-11(9(7)15)18-14(4,5)19-12/h8-12,15H,1,6H2,2-5H3/t8-,9+,10-,11-,12+/m1/s1. The summed E-state index contributed by atoms with van der Waals surface area (Å²) >= 11 is 0. The van der Waals surface area contributed by atoms with Crippen LogP contribution in [0.5, 0.6) is 0 Å². The van der Waals surface area contributed by atoms with Crippen molar-refractivity contribution in [2.24, 2.45) is 5.92 Å². The van der Waals surface area contributed by atoms with E-state index in [4.69, 9.17) is 18.9 Å². The molecule has 108 valence electrons. The highest BCUT2D eigenvalue weighted by Gasteiger charge is 2.58. The Kier molecular flexibility index (Phi) is 2.86. The van der Waals surface area contributed by atoms with Gasteiger partial charge in [-0.3, -0.25) is 0 Å². The molecule has 3 aliphatic rings. The second kappa shape index (κ2) is 4.02. The molecule has 0 aromatic heterocycles. The van der Waals surface area contributed by atoms with Gasteiger partial charge in [0.05, 0.1) is 12.7 Å². The fraction of sp³-hybridized carbons (Fsp3) is 0.857. The van der Waals surface area contributed by atoms with Crippen LogP contribution >= 0.6 is 0 Å². The van der Waals surface area contributed by atoms with E-state index < -0.39 is 23.8 Å². The van der Waals surface area contributed by atoms with E-state index in [0.717, 1.165) is 0 Å². The van der Waals surface area contributed by atoms with Crippen LogP contribution in [0, 0.1) is 5.92 Å². The van der Waals surface area contributed by atoms with E-state index in [0.29, 0.717) is 12.2 Å². The fourth-order valence-corrected chi connectivity index (χ4v) is 3.19. The summed E-state index contributed by atoms with van der Waals surface area (Å²) in [7, 11) is 0. The molecule has 2 aliphatic heterocycles. The second-order valence-corrected chi connectivity index (χ2v) is 6.48. The van der Waals surface area contributed by atoms with Gasteiger partial charge in [-0.05, 0) is 33.3 Å². The van der Waals surface area contributed by atoms with Crippen LogP contribution in [0.15, 0.2) is 12.2 Å². The van der Waals surface area contributed by atoms with Crippen molar-refractivity contribution in [2.45, 2.75) is 63.7 Å². The molecule has 0 aromatic rings. The molecule has 19 heavy (non-hydrogen) atoms. The van der Waals surface area contributed by atoms with E-state index in [1.54, 1.807) is 0 Å². The van der Waals surface area contributed by atoms with Crippen molar-refractivity contribution in [3.8, 4) is 0 Å². The zero-order valence-electron chi connectivity index (χ0n) is 11.9. The Balaban J connectivity index is 1.92. The lowest BCUT2D eigenvalue weighted by atomic mass is 9.77. The summed E-state index contributed by atoms with van der Waals surface area (Å²) in [4.78, 5) is 0. The van der Waals surface area contributed by atoms with Crippen LogP contribution < -0.4 is 0 Å². The molecular formula is C14H22O5. The van der Waals surface area contributed by atoms with Crippen molar-refractivity contribution in [3.63, 3.8) is 0 Å². The molecule has 1 N–H and O–H groups in total. The molecule has 0 spiro atoms. The predicted octanol–water partition coefficient (Wildman–Crippen LogP) is 1.20. The normalized spacial score (nSPS) is 47.6. The van der Waals surface area contributed by atoms with Crippen molar-refractivity contribution in [3.05, 3.63) is 12.2 Å². The summed E-state index contributed by atoms with van der Waals surface area (Å²) in [5, 5.41) is 10.3. The van der Waals surface area contributed by atoms with Crippen molar-refractivity contribution < 1.29 is 24.1 Å². The average Bonchev–Trinajstić information content (AvgIpc) is 2.61. The molecule has 0 unspecified atom stereocenters. The van der Waals surface area contributed by atoms with Crippen LogP contribution in [0.4, 0.5) is 0 Å². The molecule has 0 amide bonds. The predicted molar refractivity (Wildman–Crippen MR) is 67.4 cm³/mol. The number of ether oxygens (including phenoxy) is 4. The molecule has 2 heterocycles. The second-order valence-electron chi connectivity index (χ2n) is 6.48. The van der Waals surface area contributed by atoms with Crippen LogP contribution in [-0.4, -0.2) is 47.7 Å². The maximum atomic E-state index is 10.3. The van der Waals surface area contributed by atoms with Gasteiger partial charge in [0.2, 0.25) is 0 Å². The summed E-state index contributed by atoms with van der Waals surface area (Å²) in [6, 6.07) is 0. The third-order valence-electron chi connectivity index (χ3n) is 4.08. The molecule has 5 nitrogen and oxygen atoms in total. The van der Waals surface area contributed by atoms with Crippen molar-refractivity contribution >= 4 is 0 Å². The third kappa shape index (κ3) is 2.14. The quantitative estimate of drug-likeness (QED) is 0.670. The van der Waals surface area contributed by atoms with Gasteiger partial charge in [-0.25, -0.2) is 0 Å². The average molecular weight is 270 g/mol. The molecule has 0 bridgehead atoms. The van der Waals surface area contributed by atoms with Crippen LogP contribution in [-0.2, 0) is 18.9 Å². The van der Waals surface area contributed by atoms with Crippen molar-refractivity contribution in [1.29, 1.82) is 0 Å². The van der Waals surface area contributed by atoms with Gasteiger partial charge in [0.1, 0.15) is 18.3 Å². The molecule has 1 aliphatic carbocycles. The Morgan fingerprint density at radius 3 is 2.26 bits per heavy atom. The zero-order valence-corrected chi connectivity index (χ0v) is 11.9. The summed E-state index contributed by atoms with van der Waals surface area (Å²) in [6.45, 7) is 11.9. The lowest BCUT2D eigenvalue weighted by Crippen LogP contribution is -2.60. The van der Waals surface area contributed by atoms with E-state index in [1.165, 1.54) is 0 Å². The lowest BCUT2D eigenvalue weighted by Gasteiger charge is -2.48. The lowest BCUT2D eigenvalue weighted by molar-refractivity contribution is -0.313. The Morgan fingerprint density at radius 2 is 1.58 bits per heavy atom. The highest BCUT2D eigenvalue weighted by Crippen LogP contribution is 2.45. The van der Waals surface area contributed by atoms with Gasteiger partial charge in [-0.1, -0.05) is 6.58 Å². The molecule has 2 saturated heterocycles. The number of rotatable bonds is 0. The summed E-state index contributed by atoms with van der Waals surface area (Å²) < 4.78 is 23.4. The van der Waals surface area contributed by atoms with Gasteiger partial charge < -0.3 is 24.1 Å². The van der Waals surface area contributed by atoms with Crippen LogP contribution in [0.3, 0.4) is 0 Å². The molecular weight excluding hydrogens is 248 g/mol. The number of hydrogen-bond acceptors (Lipinski definition) is 5. The van der Waals surface area contributed by atoms with E-state index in [2.05, 4.69) is 6.58 Å². The first-order valence-electron chi connectivity index (χ1n) is 6.74. The molecule has 5 atom stereocenters. The fourth-order valence-electron chi connectivity index (χ4n) is 3.19. The first kappa shape index (κ1) is 13.5. The first-order valence-corrected chi connectivity index (χ1v) is 6.74. The number of aliphatic hydroxyl groups excluding tert-OH is 1. The molecule has 1 saturated carbocycles. The molecule has 3 rings (SSSR count). The van der Waals surface area contributed by atoms with E-state index in [-0.39, 0.29) is 18.1 Å². The maximum Gasteiger partial charge on any atom is 0.164 e. The van der Waals surface area contributed by atoms with Crippen LogP contribution in [0.1, 0.15) is 27.7 Å². The number of fused-ring (bicyclic) bond motifs is 3. The Hall–Kier alpha value is -0.460. The zero-order chi connectivity index (χ0) is 14.0. The minimum atomic E-state index is -0.735. The van der Waals surface area contributed by atoms with Gasteiger partial charge in [0.25, 0.3) is 0 Å². The topological polar surface area (TPSA) is 57.2 Å². The number of aliphatic hydroxyl groups is 1. The van der Waals surface area contributed by atoms with Gasteiger partial charge >= 0.3 is 0 Å². The Morgan fingerprint density at radius 1 is 1.00 bits per heavy atom. The maximum absolute atomic E-state index is 10.3. The van der Waals surface area contributed by atoms with E-state index in [1.807, 2.05) is 27.7 Å². The van der Waals surface area contributed by atoms with Crippen LogP contribution in [0.25, 0.3) is 0 Å². The SMILES string of the molecule is C=C1[C@H]2COC(C)(C)O[C@H]2[C@@H]2OC(C)(C)O[C@@H]2[C@H]1O. The molecule has 3 fully saturated rings. The first-order chi connectivity index (χ1) is 8.70. The van der Waals surface area contributed by atoms with Gasteiger partial charge in [0.15, 0.2) is 11.6 Å². The monoisotopic (exact) mass is 270 g/mol. The van der Waals surface area contributed by atoms with Gasteiger partial charge in [-0.15, -0.1) is 0 Å². The third-order valence-corrected chi connectivity index (χ3v) is 4.08.